The quantitative estimate of drug-likeness (QED) is 0.243. The molecule has 1 N–H and O–H groups in total. The van der Waals surface area contributed by atoms with Gasteiger partial charge in [0.15, 0.2) is 0 Å². The summed E-state index contributed by atoms with van der Waals surface area (Å²) in [5.41, 5.74) is 8.72. The minimum absolute atomic E-state index is 0.232. The number of pyridine rings is 1. The molecule has 0 unspecified atom stereocenters. The highest BCUT2D eigenvalue weighted by atomic mass is 15.0. The largest absolute Gasteiger partial charge is 0.340 e. The van der Waals surface area contributed by atoms with Gasteiger partial charge in [-0.25, -0.2) is 0 Å². The van der Waals surface area contributed by atoms with Gasteiger partial charge in [0.05, 0.1) is 5.69 Å². The van der Waals surface area contributed by atoms with Crippen molar-refractivity contribution in [1.29, 1.82) is 0 Å². The molecule has 0 bridgehead atoms. The molecule has 0 spiro atoms. The Labute approximate surface area is 236 Å². The van der Waals surface area contributed by atoms with E-state index in [0.717, 1.165) is 44.4 Å². The Morgan fingerprint density at radius 1 is 1.03 bits per heavy atom. The molecule has 3 rings (SSSR count). The highest BCUT2D eigenvalue weighted by Gasteiger charge is 2.25. The molecule has 1 aromatic carbocycles. The van der Waals surface area contributed by atoms with E-state index in [1.54, 1.807) is 6.92 Å². The molecule has 0 atom stereocenters. The van der Waals surface area contributed by atoms with Crippen LogP contribution in [0.15, 0.2) is 30.5 Å². The Balaban J connectivity index is 0.00000106. The van der Waals surface area contributed by atoms with Gasteiger partial charge >= 0.3 is 0 Å². The number of benzene rings is 1. The first-order valence-corrected chi connectivity index (χ1v) is 14.5. The number of rotatable bonds is 8. The zero-order valence-corrected chi connectivity index (χ0v) is 26.4. The number of hydrogen-bond donors (Lipinski definition) is 1. The van der Waals surface area contributed by atoms with Crippen molar-refractivity contribution >= 4 is 24.2 Å². The van der Waals surface area contributed by atoms with E-state index in [0.29, 0.717) is 0 Å². The average molecular weight is 516 g/mol. The molecule has 0 aliphatic rings. The third-order valence-corrected chi connectivity index (χ3v) is 6.32. The van der Waals surface area contributed by atoms with E-state index in [2.05, 4.69) is 110 Å². The first-order valence-electron chi connectivity index (χ1n) is 14.5. The van der Waals surface area contributed by atoms with Gasteiger partial charge in [-0.3, -0.25) is 4.98 Å². The fraction of sp³-hybridized carbons (Fsp3) is 0.559. The Morgan fingerprint density at radius 3 is 2.05 bits per heavy atom. The SMILES string of the molecule is C#CC.CCC.CCNCC.[B]c1ccc2c(c1)c(CC(C)(C)CC)c(-c1cc(C)cnc1CC)n2CC. The molecule has 38 heavy (non-hydrogen) atoms. The minimum atomic E-state index is 0.232. The Hall–Kier alpha value is -2.51. The van der Waals surface area contributed by atoms with Gasteiger partial charge in [0, 0.05) is 34.9 Å². The van der Waals surface area contributed by atoms with Crippen LogP contribution in [0.5, 0.6) is 0 Å². The molecule has 3 aromatic rings. The maximum atomic E-state index is 6.19. The highest BCUT2D eigenvalue weighted by Crippen LogP contribution is 2.39. The van der Waals surface area contributed by atoms with E-state index >= 15 is 0 Å². The van der Waals surface area contributed by atoms with Crippen molar-refractivity contribution in [2.45, 2.75) is 108 Å². The summed E-state index contributed by atoms with van der Waals surface area (Å²) in [6.45, 7) is 26.7. The predicted octanol–water partition coefficient (Wildman–Crippen LogP) is 8.04. The van der Waals surface area contributed by atoms with Crippen LogP contribution in [0.3, 0.4) is 0 Å². The Bertz CT molecular complexity index is 1120. The average Bonchev–Trinajstić information content (AvgIpc) is 3.17. The maximum Gasteiger partial charge on any atom is 0.113 e. The van der Waals surface area contributed by atoms with Gasteiger partial charge in [-0.1, -0.05) is 85.8 Å². The van der Waals surface area contributed by atoms with Crippen LogP contribution in [0.4, 0.5) is 0 Å². The third-order valence-electron chi connectivity index (χ3n) is 6.32. The summed E-state index contributed by atoms with van der Waals surface area (Å²) < 4.78 is 2.45. The molecule has 0 saturated carbocycles. The number of aromatic nitrogens is 2. The molecule has 0 aliphatic carbocycles. The molecule has 4 heteroatoms. The van der Waals surface area contributed by atoms with E-state index in [4.69, 9.17) is 12.8 Å². The van der Waals surface area contributed by atoms with Gasteiger partial charge in [0.2, 0.25) is 0 Å². The summed E-state index contributed by atoms with van der Waals surface area (Å²) in [6, 6.07) is 8.65. The van der Waals surface area contributed by atoms with Crippen molar-refractivity contribution in [3.8, 4) is 23.6 Å². The number of aryl methyl sites for hydroxylation is 3. The summed E-state index contributed by atoms with van der Waals surface area (Å²) in [7, 11) is 6.19. The first-order chi connectivity index (χ1) is 18.0. The molecule has 0 amide bonds. The van der Waals surface area contributed by atoms with Crippen molar-refractivity contribution in [1.82, 2.24) is 14.9 Å². The number of terminal acetylenes is 1. The first kappa shape index (κ1) is 35.5. The Morgan fingerprint density at radius 2 is 1.61 bits per heavy atom. The number of hydrogen-bond acceptors (Lipinski definition) is 2. The molecule has 2 radical (unpaired) electrons. The number of nitrogens with one attached hydrogen (secondary N) is 1. The third kappa shape index (κ3) is 10.7. The second-order valence-electron chi connectivity index (χ2n) is 10.4. The fourth-order valence-corrected chi connectivity index (χ4v) is 4.19. The van der Waals surface area contributed by atoms with Crippen LogP contribution in [0.1, 0.15) is 98.9 Å². The molecule has 2 heterocycles. The van der Waals surface area contributed by atoms with Gasteiger partial charge < -0.3 is 9.88 Å². The normalized spacial score (nSPS) is 10.4. The lowest BCUT2D eigenvalue weighted by atomic mass is 9.81. The van der Waals surface area contributed by atoms with Crippen LogP contribution in [0.25, 0.3) is 22.2 Å². The van der Waals surface area contributed by atoms with Crippen LogP contribution in [0.2, 0.25) is 0 Å². The highest BCUT2D eigenvalue weighted by molar-refractivity contribution is 6.33. The second-order valence-corrected chi connectivity index (χ2v) is 10.4. The molecule has 0 fully saturated rings. The van der Waals surface area contributed by atoms with E-state index < -0.39 is 0 Å². The second kappa shape index (κ2) is 18.7. The van der Waals surface area contributed by atoms with Crippen molar-refractivity contribution in [3.05, 3.63) is 47.3 Å². The summed E-state index contributed by atoms with van der Waals surface area (Å²) in [4.78, 5) is 4.76. The molecule has 208 valence electrons. The number of fused-ring (bicyclic) bond motifs is 1. The molecule has 0 saturated heterocycles. The standard InChI is InChI=1S/C24H31BN2.C4H11N.C3H8.C3H4/c1-7-21-19(12-16(4)15-26-21)23-20(14-24(5,6)8-2)18-13-17(25)10-11-22(18)27(23)9-3;1-3-5-4-2;2*1-3-2/h10-13,15H,7-9,14H2,1-6H3;5H,3-4H2,1-2H3;3H2,1-2H3;1H,2H3. The smallest absolute Gasteiger partial charge is 0.113 e. The van der Waals surface area contributed by atoms with Crippen molar-refractivity contribution in [2.75, 3.05) is 13.1 Å². The monoisotopic (exact) mass is 515 g/mol. The molecular formula is C34H54BN3. The van der Waals surface area contributed by atoms with Crippen molar-refractivity contribution in [2.24, 2.45) is 5.41 Å². The van der Waals surface area contributed by atoms with Gasteiger partial charge in [0.25, 0.3) is 0 Å². The molecular weight excluding hydrogens is 461 g/mol. The summed E-state index contributed by atoms with van der Waals surface area (Å²) in [5, 5.41) is 4.40. The lowest BCUT2D eigenvalue weighted by Crippen LogP contribution is -2.14. The summed E-state index contributed by atoms with van der Waals surface area (Å²) in [5.74, 6) is 2.25. The minimum Gasteiger partial charge on any atom is -0.340 e. The zero-order valence-electron chi connectivity index (χ0n) is 26.4. The molecule has 2 aromatic heterocycles. The lowest BCUT2D eigenvalue weighted by molar-refractivity contribution is 0.350. The van der Waals surface area contributed by atoms with E-state index in [9.17, 15) is 0 Å². The van der Waals surface area contributed by atoms with Gasteiger partial charge in [-0.2, -0.15) is 0 Å². The van der Waals surface area contributed by atoms with Gasteiger partial charge in [-0.15, -0.1) is 12.3 Å². The van der Waals surface area contributed by atoms with Gasteiger partial charge in [0.1, 0.15) is 7.85 Å². The van der Waals surface area contributed by atoms with E-state index in [1.165, 1.54) is 45.4 Å². The van der Waals surface area contributed by atoms with E-state index in [-0.39, 0.29) is 5.41 Å². The van der Waals surface area contributed by atoms with Crippen LogP contribution in [-0.2, 0) is 19.4 Å². The maximum absolute atomic E-state index is 6.19. The summed E-state index contributed by atoms with van der Waals surface area (Å²) >= 11 is 0. The number of nitrogens with zero attached hydrogens (tertiary/aromatic N) is 2. The van der Waals surface area contributed by atoms with Gasteiger partial charge in [-0.05, 0) is 75.4 Å². The van der Waals surface area contributed by atoms with Crippen LogP contribution >= 0.6 is 0 Å². The predicted molar refractivity (Wildman–Crippen MR) is 173 cm³/mol. The topological polar surface area (TPSA) is 29.9 Å². The van der Waals surface area contributed by atoms with E-state index in [1.807, 2.05) is 12.3 Å². The Kier molecular flexibility index (Phi) is 17.5. The zero-order chi connectivity index (χ0) is 29.3. The summed E-state index contributed by atoms with van der Waals surface area (Å²) in [6.07, 6.45) is 10.9. The van der Waals surface area contributed by atoms with Crippen molar-refractivity contribution in [3.63, 3.8) is 0 Å². The lowest BCUT2D eigenvalue weighted by Gasteiger charge is -2.24. The van der Waals surface area contributed by atoms with Crippen LogP contribution in [-0.4, -0.2) is 30.5 Å². The van der Waals surface area contributed by atoms with Crippen LogP contribution in [0, 0.1) is 24.7 Å². The molecule has 3 nitrogen and oxygen atoms in total. The van der Waals surface area contributed by atoms with Crippen LogP contribution < -0.4 is 10.8 Å². The molecule has 0 aliphatic heterocycles. The van der Waals surface area contributed by atoms with Crippen molar-refractivity contribution < 1.29 is 0 Å². The fourth-order valence-electron chi connectivity index (χ4n) is 4.19.